The van der Waals surface area contributed by atoms with E-state index in [9.17, 15) is 4.79 Å². The van der Waals surface area contributed by atoms with Crippen LogP contribution in [0, 0.1) is 12.3 Å². The van der Waals surface area contributed by atoms with Crippen molar-refractivity contribution in [1.82, 2.24) is 5.32 Å². The molecule has 0 atom stereocenters. The number of urea groups is 1. The van der Waals surface area contributed by atoms with Crippen molar-refractivity contribution in [2.75, 3.05) is 11.9 Å². The second-order valence-electron chi connectivity index (χ2n) is 3.75. The fourth-order valence-corrected chi connectivity index (χ4v) is 1.41. The van der Waals surface area contributed by atoms with E-state index < -0.39 is 0 Å². The van der Waals surface area contributed by atoms with Crippen LogP contribution in [-0.2, 0) is 0 Å². The number of nitrogens with one attached hydrogen (secondary N) is 2. The third kappa shape index (κ3) is 3.32. The predicted octanol–water partition coefficient (Wildman–Crippen LogP) is 2.56. The number of benzene rings is 1. The van der Waals surface area contributed by atoms with Gasteiger partial charge in [0.2, 0.25) is 0 Å². The van der Waals surface area contributed by atoms with Gasteiger partial charge in [0.05, 0.1) is 6.54 Å². The molecule has 2 N–H and O–H groups in total. The minimum Gasteiger partial charge on any atom is -0.327 e. The Hall–Kier alpha value is -1.95. The molecule has 0 radical (unpaired) electrons. The van der Waals surface area contributed by atoms with E-state index in [1.165, 1.54) is 0 Å². The monoisotopic (exact) mass is 216 g/mol. The number of carbonyl (C=O) groups is 1. The Kier molecular flexibility index (Phi) is 4.41. The van der Waals surface area contributed by atoms with Gasteiger partial charge < -0.3 is 10.6 Å². The van der Waals surface area contributed by atoms with Gasteiger partial charge in [0.25, 0.3) is 0 Å². The molecule has 1 aromatic rings. The molecule has 3 heteroatoms. The van der Waals surface area contributed by atoms with Crippen molar-refractivity contribution in [3.63, 3.8) is 0 Å². The Balaban J connectivity index is 2.73. The molecule has 84 valence electrons. The molecule has 0 heterocycles. The van der Waals surface area contributed by atoms with E-state index in [-0.39, 0.29) is 12.6 Å². The molecule has 0 saturated heterocycles. The van der Waals surface area contributed by atoms with Gasteiger partial charge in [0, 0.05) is 5.69 Å². The largest absolute Gasteiger partial charge is 0.327 e. The average molecular weight is 216 g/mol. The predicted molar refractivity (Wildman–Crippen MR) is 66.4 cm³/mol. The van der Waals surface area contributed by atoms with Crippen LogP contribution in [0.4, 0.5) is 10.5 Å². The Morgan fingerprint density at radius 3 is 2.75 bits per heavy atom. The van der Waals surface area contributed by atoms with Crippen LogP contribution in [0.5, 0.6) is 0 Å². The van der Waals surface area contributed by atoms with Crippen LogP contribution in [0.25, 0.3) is 0 Å². The van der Waals surface area contributed by atoms with Gasteiger partial charge in [-0.1, -0.05) is 38.0 Å². The average Bonchev–Trinajstić information content (AvgIpc) is 2.27. The summed E-state index contributed by atoms with van der Waals surface area (Å²) in [7, 11) is 0. The molecule has 0 fully saturated rings. The van der Waals surface area contributed by atoms with Gasteiger partial charge in [-0.2, -0.15) is 0 Å². The summed E-state index contributed by atoms with van der Waals surface area (Å²) in [6, 6.07) is 7.46. The number of hydrogen-bond acceptors (Lipinski definition) is 1. The van der Waals surface area contributed by atoms with Crippen LogP contribution < -0.4 is 10.6 Å². The summed E-state index contributed by atoms with van der Waals surface area (Å²) in [5, 5.41) is 5.34. The highest BCUT2D eigenvalue weighted by Crippen LogP contribution is 2.23. The summed E-state index contributed by atoms with van der Waals surface area (Å²) in [6.07, 6.45) is 5.06. The number of anilines is 1. The normalized spacial score (nSPS) is 9.62. The van der Waals surface area contributed by atoms with E-state index in [1.807, 2.05) is 24.3 Å². The molecular formula is C13H16N2O. The highest BCUT2D eigenvalue weighted by atomic mass is 16.2. The van der Waals surface area contributed by atoms with Gasteiger partial charge in [0.1, 0.15) is 0 Å². The first kappa shape index (κ1) is 12.1. The summed E-state index contributed by atoms with van der Waals surface area (Å²) < 4.78 is 0. The van der Waals surface area contributed by atoms with E-state index in [2.05, 4.69) is 30.4 Å². The Bertz CT molecular complexity index is 405. The quantitative estimate of drug-likeness (QED) is 0.749. The van der Waals surface area contributed by atoms with Gasteiger partial charge in [-0.3, -0.25) is 0 Å². The van der Waals surface area contributed by atoms with E-state index >= 15 is 0 Å². The molecule has 0 spiro atoms. The lowest BCUT2D eigenvalue weighted by molar-refractivity contribution is 0.253. The van der Waals surface area contributed by atoms with Crippen molar-refractivity contribution in [2.45, 2.75) is 19.8 Å². The van der Waals surface area contributed by atoms with Crippen molar-refractivity contribution < 1.29 is 4.79 Å². The molecular weight excluding hydrogens is 200 g/mol. The van der Waals surface area contributed by atoms with Crippen LogP contribution in [0.15, 0.2) is 24.3 Å². The van der Waals surface area contributed by atoms with Gasteiger partial charge in [-0.25, -0.2) is 4.79 Å². The van der Waals surface area contributed by atoms with E-state index in [4.69, 9.17) is 6.42 Å². The fraction of sp³-hybridized carbons (Fsp3) is 0.308. The Morgan fingerprint density at radius 1 is 1.44 bits per heavy atom. The first-order valence-electron chi connectivity index (χ1n) is 5.22. The number of rotatable bonds is 3. The van der Waals surface area contributed by atoms with E-state index in [1.54, 1.807) is 0 Å². The van der Waals surface area contributed by atoms with Crippen LogP contribution in [-0.4, -0.2) is 12.6 Å². The summed E-state index contributed by atoms with van der Waals surface area (Å²) in [5.41, 5.74) is 1.94. The molecule has 1 aromatic carbocycles. The minimum atomic E-state index is -0.272. The third-order valence-electron chi connectivity index (χ3n) is 2.18. The van der Waals surface area contributed by atoms with Crippen molar-refractivity contribution in [3.05, 3.63) is 29.8 Å². The standard InChI is InChI=1S/C13H16N2O/c1-4-9-14-13(16)15-12-8-6-5-7-11(12)10(2)3/h1,5-8,10H,9H2,2-3H3,(H2,14,15,16). The van der Waals surface area contributed by atoms with Gasteiger partial charge in [-0.15, -0.1) is 6.42 Å². The smallest absolute Gasteiger partial charge is 0.320 e. The Labute approximate surface area is 96.2 Å². The van der Waals surface area contributed by atoms with Crippen LogP contribution >= 0.6 is 0 Å². The molecule has 0 unspecified atom stereocenters. The topological polar surface area (TPSA) is 41.1 Å². The number of hydrogen-bond donors (Lipinski definition) is 2. The molecule has 16 heavy (non-hydrogen) atoms. The van der Waals surface area contributed by atoms with Crippen LogP contribution in [0.1, 0.15) is 25.3 Å². The molecule has 0 aliphatic heterocycles. The lowest BCUT2D eigenvalue weighted by atomic mass is 10.0. The first-order valence-corrected chi connectivity index (χ1v) is 5.22. The summed E-state index contributed by atoms with van der Waals surface area (Å²) in [4.78, 5) is 11.4. The van der Waals surface area contributed by atoms with Crippen LogP contribution in [0.2, 0.25) is 0 Å². The zero-order valence-electron chi connectivity index (χ0n) is 9.58. The van der Waals surface area contributed by atoms with Gasteiger partial charge in [-0.05, 0) is 17.5 Å². The van der Waals surface area contributed by atoms with Crippen molar-refractivity contribution in [2.24, 2.45) is 0 Å². The number of amides is 2. The molecule has 0 aliphatic carbocycles. The Morgan fingerprint density at radius 2 is 2.12 bits per heavy atom. The molecule has 0 aliphatic rings. The number of terminal acetylenes is 1. The van der Waals surface area contributed by atoms with Crippen molar-refractivity contribution in [3.8, 4) is 12.3 Å². The lowest BCUT2D eigenvalue weighted by Crippen LogP contribution is -2.29. The lowest BCUT2D eigenvalue weighted by Gasteiger charge is -2.13. The zero-order valence-corrected chi connectivity index (χ0v) is 9.58. The highest BCUT2D eigenvalue weighted by Gasteiger charge is 2.07. The van der Waals surface area contributed by atoms with Crippen molar-refractivity contribution >= 4 is 11.7 Å². The molecule has 1 rings (SSSR count). The zero-order chi connectivity index (χ0) is 12.0. The summed E-state index contributed by atoms with van der Waals surface area (Å²) in [6.45, 7) is 4.40. The van der Waals surface area contributed by atoms with Gasteiger partial charge >= 0.3 is 6.03 Å². The van der Waals surface area contributed by atoms with Gasteiger partial charge in [0.15, 0.2) is 0 Å². The van der Waals surface area contributed by atoms with E-state index in [0.717, 1.165) is 11.3 Å². The molecule has 0 bridgehead atoms. The minimum absolute atomic E-state index is 0.232. The number of carbonyl (C=O) groups excluding carboxylic acids is 1. The molecule has 3 nitrogen and oxygen atoms in total. The second kappa shape index (κ2) is 5.82. The summed E-state index contributed by atoms with van der Waals surface area (Å²) in [5.74, 6) is 2.71. The summed E-state index contributed by atoms with van der Waals surface area (Å²) >= 11 is 0. The maximum absolute atomic E-state index is 11.4. The fourth-order valence-electron chi connectivity index (χ4n) is 1.41. The first-order chi connectivity index (χ1) is 7.65. The maximum Gasteiger partial charge on any atom is 0.320 e. The molecule has 0 aromatic heterocycles. The molecule has 0 saturated carbocycles. The van der Waals surface area contributed by atoms with Crippen LogP contribution in [0.3, 0.4) is 0 Å². The third-order valence-corrected chi connectivity index (χ3v) is 2.18. The number of para-hydroxylation sites is 1. The van der Waals surface area contributed by atoms with Crippen molar-refractivity contribution in [1.29, 1.82) is 0 Å². The second-order valence-corrected chi connectivity index (χ2v) is 3.75. The van der Waals surface area contributed by atoms with E-state index in [0.29, 0.717) is 5.92 Å². The highest BCUT2D eigenvalue weighted by molar-refractivity contribution is 5.90. The SMILES string of the molecule is C#CCNC(=O)Nc1ccccc1C(C)C. The maximum atomic E-state index is 11.4. The molecule has 2 amide bonds.